The number of piperidine rings is 1. The number of nitrogens with zero attached hydrogens (tertiary/aromatic N) is 4. The third kappa shape index (κ3) is 3.71. The SMILES string of the molecule is CC(C)CN1C(=O)N(Cc2ccccn2)C(=O)C12CCN([C@@H](C)CO)CC2. The number of pyridine rings is 1. The Labute approximate surface area is 161 Å². The molecule has 3 heterocycles. The first kappa shape index (κ1) is 19.8. The van der Waals surface area contributed by atoms with Crippen molar-refractivity contribution in [3.05, 3.63) is 30.1 Å². The van der Waals surface area contributed by atoms with Crippen LogP contribution in [0.5, 0.6) is 0 Å². The Morgan fingerprint density at radius 3 is 2.44 bits per heavy atom. The summed E-state index contributed by atoms with van der Waals surface area (Å²) in [7, 11) is 0. The summed E-state index contributed by atoms with van der Waals surface area (Å²) >= 11 is 0. The number of amides is 3. The molecule has 0 saturated carbocycles. The van der Waals surface area contributed by atoms with Gasteiger partial charge in [0.05, 0.1) is 18.8 Å². The molecule has 1 aromatic rings. The zero-order valence-electron chi connectivity index (χ0n) is 16.5. The zero-order valence-corrected chi connectivity index (χ0v) is 16.5. The highest BCUT2D eigenvalue weighted by Crippen LogP contribution is 2.38. The molecule has 7 nitrogen and oxygen atoms in total. The van der Waals surface area contributed by atoms with Crippen molar-refractivity contribution in [2.75, 3.05) is 26.2 Å². The normalized spacial score (nSPS) is 21.5. The minimum atomic E-state index is -0.762. The van der Waals surface area contributed by atoms with Crippen LogP contribution < -0.4 is 0 Å². The highest BCUT2D eigenvalue weighted by molar-refractivity contribution is 6.07. The molecule has 1 aromatic heterocycles. The van der Waals surface area contributed by atoms with Crippen LogP contribution in [-0.4, -0.2) is 74.6 Å². The van der Waals surface area contributed by atoms with Crippen molar-refractivity contribution in [2.45, 2.75) is 51.7 Å². The summed E-state index contributed by atoms with van der Waals surface area (Å²) < 4.78 is 0. The predicted octanol–water partition coefficient (Wildman–Crippen LogP) is 1.72. The van der Waals surface area contributed by atoms with E-state index in [2.05, 4.69) is 23.7 Å². The Bertz CT molecular complexity index is 671. The predicted molar refractivity (Wildman–Crippen MR) is 102 cm³/mol. The topological polar surface area (TPSA) is 77.0 Å². The fourth-order valence-electron chi connectivity index (χ4n) is 4.13. The maximum atomic E-state index is 13.4. The molecule has 148 valence electrons. The Morgan fingerprint density at radius 1 is 1.19 bits per heavy atom. The number of imide groups is 1. The molecule has 2 aliphatic heterocycles. The number of likely N-dealkylation sites (tertiary alicyclic amines) is 1. The van der Waals surface area contributed by atoms with Gasteiger partial charge in [0.15, 0.2) is 0 Å². The van der Waals surface area contributed by atoms with Gasteiger partial charge in [-0.1, -0.05) is 19.9 Å². The molecular formula is C20H30N4O3. The Kier molecular flexibility index (Phi) is 5.81. The van der Waals surface area contributed by atoms with Gasteiger partial charge in [-0.15, -0.1) is 0 Å². The van der Waals surface area contributed by atoms with Crippen molar-refractivity contribution >= 4 is 11.9 Å². The summed E-state index contributed by atoms with van der Waals surface area (Å²) in [6.07, 6.45) is 2.89. The van der Waals surface area contributed by atoms with Gasteiger partial charge in [0.25, 0.3) is 5.91 Å². The summed E-state index contributed by atoms with van der Waals surface area (Å²) in [4.78, 5) is 36.2. The second-order valence-electron chi connectivity index (χ2n) is 8.10. The molecule has 0 bridgehead atoms. The number of aliphatic hydroxyl groups excluding tert-OH is 1. The standard InChI is InChI=1S/C20H30N4O3/c1-15(2)12-24-19(27)23(13-17-6-4-5-9-21-17)18(26)20(24)7-10-22(11-8-20)16(3)14-25/h4-6,9,15-16,25H,7-8,10-14H2,1-3H3/t16-/m0/s1. The molecule has 0 aliphatic carbocycles. The van der Waals surface area contributed by atoms with Crippen LogP contribution in [0.1, 0.15) is 39.3 Å². The van der Waals surface area contributed by atoms with Gasteiger partial charge < -0.3 is 10.0 Å². The summed E-state index contributed by atoms with van der Waals surface area (Å²) in [5, 5.41) is 9.43. The molecule has 3 rings (SSSR count). The number of aliphatic hydroxyl groups is 1. The van der Waals surface area contributed by atoms with E-state index in [0.717, 1.165) is 0 Å². The van der Waals surface area contributed by atoms with Crippen LogP contribution in [0.2, 0.25) is 0 Å². The van der Waals surface area contributed by atoms with Gasteiger partial charge >= 0.3 is 6.03 Å². The van der Waals surface area contributed by atoms with E-state index >= 15 is 0 Å². The maximum absolute atomic E-state index is 13.4. The van der Waals surface area contributed by atoms with Gasteiger partial charge in [0.1, 0.15) is 5.54 Å². The maximum Gasteiger partial charge on any atom is 0.328 e. The van der Waals surface area contributed by atoms with E-state index in [-0.39, 0.29) is 37.0 Å². The number of aromatic nitrogens is 1. The molecule has 1 atom stereocenters. The Hall–Kier alpha value is -1.99. The van der Waals surface area contributed by atoms with Gasteiger partial charge in [-0.25, -0.2) is 4.79 Å². The summed E-state index contributed by atoms with van der Waals surface area (Å²) in [6, 6.07) is 5.38. The molecule has 27 heavy (non-hydrogen) atoms. The van der Waals surface area contributed by atoms with Crippen LogP contribution >= 0.6 is 0 Å². The fourth-order valence-corrected chi connectivity index (χ4v) is 4.13. The molecule has 2 aliphatic rings. The van der Waals surface area contributed by atoms with Crippen molar-refractivity contribution in [1.82, 2.24) is 19.7 Å². The minimum absolute atomic E-state index is 0.0673. The number of rotatable bonds is 6. The van der Waals surface area contributed by atoms with Crippen LogP contribution in [0, 0.1) is 5.92 Å². The van der Waals surface area contributed by atoms with Crippen molar-refractivity contribution in [1.29, 1.82) is 0 Å². The summed E-state index contributed by atoms with van der Waals surface area (Å²) in [5.74, 6) is 0.179. The number of carbonyl (C=O) groups is 2. The second kappa shape index (κ2) is 7.94. The van der Waals surface area contributed by atoms with Gasteiger partial charge in [-0.05, 0) is 37.8 Å². The van der Waals surface area contributed by atoms with E-state index in [1.165, 1.54) is 4.90 Å². The third-order valence-corrected chi connectivity index (χ3v) is 5.73. The van der Waals surface area contributed by atoms with Crippen molar-refractivity contribution < 1.29 is 14.7 Å². The lowest BCUT2D eigenvalue weighted by atomic mass is 9.85. The van der Waals surface area contributed by atoms with Crippen LogP contribution in [0.15, 0.2) is 24.4 Å². The van der Waals surface area contributed by atoms with Gasteiger partial charge in [-0.2, -0.15) is 0 Å². The van der Waals surface area contributed by atoms with E-state index in [1.54, 1.807) is 11.1 Å². The molecule has 0 unspecified atom stereocenters. The Morgan fingerprint density at radius 2 is 1.89 bits per heavy atom. The first-order valence-electron chi connectivity index (χ1n) is 9.77. The zero-order chi connectivity index (χ0) is 19.6. The molecule has 1 N–H and O–H groups in total. The first-order chi connectivity index (χ1) is 12.9. The minimum Gasteiger partial charge on any atom is -0.395 e. The highest BCUT2D eigenvalue weighted by atomic mass is 16.3. The molecule has 2 saturated heterocycles. The van der Waals surface area contributed by atoms with Crippen molar-refractivity contribution in [2.24, 2.45) is 5.92 Å². The van der Waals surface area contributed by atoms with Crippen LogP contribution in [0.25, 0.3) is 0 Å². The lowest BCUT2D eigenvalue weighted by Crippen LogP contribution is -2.58. The molecule has 0 aromatic carbocycles. The van der Waals surface area contributed by atoms with Crippen LogP contribution in [-0.2, 0) is 11.3 Å². The molecule has 1 spiro atoms. The number of hydrogen-bond donors (Lipinski definition) is 1. The molecular weight excluding hydrogens is 344 g/mol. The number of urea groups is 1. The Balaban J connectivity index is 1.84. The van der Waals surface area contributed by atoms with Gasteiger partial charge in [-0.3, -0.25) is 19.6 Å². The van der Waals surface area contributed by atoms with E-state index in [1.807, 2.05) is 25.1 Å². The van der Waals surface area contributed by atoms with Crippen LogP contribution in [0.4, 0.5) is 4.79 Å². The van der Waals surface area contributed by atoms with E-state index in [9.17, 15) is 14.7 Å². The van der Waals surface area contributed by atoms with E-state index in [4.69, 9.17) is 0 Å². The van der Waals surface area contributed by atoms with E-state index in [0.29, 0.717) is 38.2 Å². The molecule has 0 radical (unpaired) electrons. The first-order valence-corrected chi connectivity index (χ1v) is 9.77. The largest absolute Gasteiger partial charge is 0.395 e. The quantitative estimate of drug-likeness (QED) is 0.767. The monoisotopic (exact) mass is 374 g/mol. The third-order valence-electron chi connectivity index (χ3n) is 5.73. The number of hydrogen-bond acceptors (Lipinski definition) is 5. The fraction of sp³-hybridized carbons (Fsp3) is 0.650. The van der Waals surface area contributed by atoms with Crippen molar-refractivity contribution in [3.8, 4) is 0 Å². The molecule has 7 heteroatoms. The molecule has 2 fully saturated rings. The smallest absolute Gasteiger partial charge is 0.328 e. The second-order valence-corrected chi connectivity index (χ2v) is 8.10. The lowest BCUT2D eigenvalue weighted by molar-refractivity contribution is -0.136. The average Bonchev–Trinajstić information content (AvgIpc) is 2.85. The van der Waals surface area contributed by atoms with Crippen LogP contribution in [0.3, 0.4) is 0 Å². The summed E-state index contributed by atoms with van der Waals surface area (Å²) in [5.41, 5.74) is -0.0472. The highest BCUT2D eigenvalue weighted by Gasteiger charge is 2.58. The van der Waals surface area contributed by atoms with Gasteiger partial charge in [0, 0.05) is 31.9 Å². The van der Waals surface area contributed by atoms with Crippen molar-refractivity contribution in [3.63, 3.8) is 0 Å². The summed E-state index contributed by atoms with van der Waals surface area (Å²) in [6.45, 7) is 8.40. The number of carbonyl (C=O) groups excluding carboxylic acids is 2. The van der Waals surface area contributed by atoms with Gasteiger partial charge in [0.2, 0.25) is 0 Å². The molecule has 3 amide bonds. The van der Waals surface area contributed by atoms with E-state index < -0.39 is 5.54 Å². The lowest BCUT2D eigenvalue weighted by Gasteiger charge is -2.44. The average molecular weight is 374 g/mol.